The molecule has 1 amide bonds. The Morgan fingerprint density at radius 2 is 1.84 bits per heavy atom. The van der Waals surface area contributed by atoms with Gasteiger partial charge in [-0.25, -0.2) is 18.2 Å². The Morgan fingerprint density at radius 1 is 1.08 bits per heavy atom. The van der Waals surface area contributed by atoms with Crippen molar-refractivity contribution in [1.82, 2.24) is 5.43 Å². The van der Waals surface area contributed by atoms with Gasteiger partial charge in [-0.05, 0) is 54.1 Å². The summed E-state index contributed by atoms with van der Waals surface area (Å²) >= 11 is 1.82. The molecule has 3 aromatic rings. The first-order valence-corrected chi connectivity index (χ1v) is 14.3. The van der Waals surface area contributed by atoms with Gasteiger partial charge in [0.1, 0.15) is 37.4 Å². The van der Waals surface area contributed by atoms with Crippen molar-refractivity contribution >= 4 is 39.6 Å². The van der Waals surface area contributed by atoms with Crippen LogP contribution in [0.25, 0.3) is 0 Å². The summed E-state index contributed by atoms with van der Waals surface area (Å²) in [6, 6.07) is 16.3. The number of ether oxygens (including phenoxy) is 3. The lowest BCUT2D eigenvalue weighted by Crippen LogP contribution is -2.39. The van der Waals surface area contributed by atoms with E-state index in [1.54, 1.807) is 12.1 Å². The van der Waals surface area contributed by atoms with Crippen LogP contribution in [0.3, 0.4) is 0 Å². The van der Waals surface area contributed by atoms with Gasteiger partial charge in [0, 0.05) is 17.6 Å². The Hall–Kier alpha value is -3.77. The molecule has 3 aromatic carbocycles. The Bertz CT molecular complexity index is 1450. The minimum absolute atomic E-state index is 0.107. The first kappa shape index (κ1) is 25.9. The van der Waals surface area contributed by atoms with Crippen molar-refractivity contribution in [3.63, 3.8) is 0 Å². The van der Waals surface area contributed by atoms with Gasteiger partial charge in [-0.2, -0.15) is 16.9 Å². The van der Waals surface area contributed by atoms with E-state index in [-0.39, 0.29) is 29.0 Å². The van der Waals surface area contributed by atoms with Crippen molar-refractivity contribution in [2.24, 2.45) is 5.10 Å². The molecular weight excluding hydrogens is 533 g/mol. The number of sulfonamides is 1. The molecule has 1 N–H and O–H groups in total. The minimum Gasteiger partial charge on any atom is -0.489 e. The lowest BCUT2D eigenvalue weighted by molar-refractivity contribution is -0.119. The van der Waals surface area contributed by atoms with Gasteiger partial charge in [0.25, 0.3) is 15.9 Å². The maximum atomic E-state index is 13.6. The molecular formula is C26H24FN3O6S2. The fourth-order valence-corrected chi connectivity index (χ4v) is 5.72. The monoisotopic (exact) mass is 557 g/mol. The predicted octanol–water partition coefficient (Wildman–Crippen LogP) is 3.44. The van der Waals surface area contributed by atoms with Crippen molar-refractivity contribution in [3.8, 4) is 17.2 Å². The predicted molar refractivity (Wildman–Crippen MR) is 142 cm³/mol. The van der Waals surface area contributed by atoms with Crippen LogP contribution in [0.4, 0.5) is 10.1 Å². The number of halogens is 1. The number of amides is 1. The second-order valence-corrected chi connectivity index (χ2v) is 11.4. The molecule has 0 aromatic heterocycles. The SMILES string of the molecule is O=C(CN(c1ccc(F)cc1)S(=O)(=O)c1ccc2c(c1)OCCO2)N/N=C/c1cccc(OC2CSC2)c1. The van der Waals surface area contributed by atoms with Crippen molar-refractivity contribution in [2.75, 3.05) is 35.6 Å². The third-order valence-electron chi connectivity index (χ3n) is 5.67. The van der Waals surface area contributed by atoms with Gasteiger partial charge in [-0.3, -0.25) is 9.10 Å². The van der Waals surface area contributed by atoms with E-state index in [1.165, 1.54) is 36.5 Å². The van der Waals surface area contributed by atoms with Crippen LogP contribution in [-0.2, 0) is 14.8 Å². The van der Waals surface area contributed by atoms with Gasteiger partial charge in [0.2, 0.25) is 0 Å². The van der Waals surface area contributed by atoms with Crippen LogP contribution in [0.2, 0.25) is 0 Å². The molecule has 0 bridgehead atoms. The van der Waals surface area contributed by atoms with E-state index in [2.05, 4.69) is 10.5 Å². The van der Waals surface area contributed by atoms with Gasteiger partial charge >= 0.3 is 0 Å². The third kappa shape index (κ3) is 6.03. The number of carbonyl (C=O) groups excluding carboxylic acids is 1. The van der Waals surface area contributed by atoms with E-state index < -0.39 is 28.3 Å². The van der Waals surface area contributed by atoms with E-state index in [0.717, 1.165) is 27.9 Å². The topological polar surface area (TPSA) is 107 Å². The number of benzene rings is 3. The van der Waals surface area contributed by atoms with Gasteiger partial charge < -0.3 is 14.2 Å². The highest BCUT2D eigenvalue weighted by Crippen LogP contribution is 2.34. The smallest absolute Gasteiger partial charge is 0.264 e. The van der Waals surface area contributed by atoms with E-state index >= 15 is 0 Å². The summed E-state index contributed by atoms with van der Waals surface area (Å²) in [5.41, 5.74) is 3.17. The Kier molecular flexibility index (Phi) is 7.70. The second kappa shape index (κ2) is 11.3. The Labute approximate surface area is 223 Å². The van der Waals surface area contributed by atoms with Gasteiger partial charge in [0.15, 0.2) is 11.5 Å². The van der Waals surface area contributed by atoms with Crippen LogP contribution in [-0.4, -0.2) is 57.9 Å². The molecule has 12 heteroatoms. The molecule has 198 valence electrons. The molecule has 1 saturated heterocycles. The van der Waals surface area contributed by atoms with E-state index in [9.17, 15) is 17.6 Å². The normalized spacial score (nSPS) is 15.1. The molecule has 2 aliphatic heterocycles. The van der Waals surface area contributed by atoms with Crippen LogP contribution in [0.1, 0.15) is 5.56 Å². The standard InChI is InChI=1S/C26H24FN3O6S2/c27-19-4-6-20(7-5-19)30(38(32,33)23-8-9-24-25(13-23)35-11-10-34-24)15-26(31)29-28-14-18-2-1-3-21(12-18)36-22-16-37-17-22/h1-9,12-14,22H,10-11,15-17H2,(H,29,31)/b28-14+. The average Bonchev–Trinajstić information content (AvgIpc) is 2.90. The first-order chi connectivity index (χ1) is 18.4. The number of nitrogens with one attached hydrogen (secondary N) is 1. The molecule has 2 heterocycles. The number of carbonyl (C=O) groups is 1. The molecule has 2 aliphatic rings. The van der Waals surface area contributed by atoms with E-state index in [0.29, 0.717) is 23.7 Å². The number of hydrazone groups is 1. The van der Waals surface area contributed by atoms with Crippen LogP contribution < -0.4 is 23.9 Å². The number of anilines is 1. The molecule has 0 saturated carbocycles. The maximum absolute atomic E-state index is 13.6. The maximum Gasteiger partial charge on any atom is 0.264 e. The van der Waals surface area contributed by atoms with Gasteiger partial charge in [0.05, 0.1) is 16.8 Å². The number of rotatable bonds is 9. The fourth-order valence-electron chi connectivity index (χ4n) is 3.72. The lowest BCUT2D eigenvalue weighted by Gasteiger charge is -2.25. The summed E-state index contributed by atoms with van der Waals surface area (Å²) in [5, 5.41) is 3.97. The van der Waals surface area contributed by atoms with Crippen molar-refractivity contribution in [2.45, 2.75) is 11.0 Å². The third-order valence-corrected chi connectivity index (χ3v) is 8.66. The van der Waals surface area contributed by atoms with Crippen molar-refractivity contribution in [1.29, 1.82) is 0 Å². The quantitative estimate of drug-likeness (QED) is 0.317. The lowest BCUT2D eigenvalue weighted by atomic mass is 10.2. The summed E-state index contributed by atoms with van der Waals surface area (Å²) in [7, 11) is -4.24. The zero-order valence-electron chi connectivity index (χ0n) is 20.1. The highest BCUT2D eigenvalue weighted by molar-refractivity contribution is 8.00. The van der Waals surface area contributed by atoms with Crippen molar-refractivity contribution in [3.05, 3.63) is 78.1 Å². The Morgan fingerprint density at radius 3 is 2.58 bits per heavy atom. The highest BCUT2D eigenvalue weighted by Gasteiger charge is 2.29. The average molecular weight is 558 g/mol. The fraction of sp³-hybridized carbons (Fsp3) is 0.231. The molecule has 0 unspecified atom stereocenters. The number of nitrogens with zero attached hydrogens (tertiary/aromatic N) is 2. The largest absolute Gasteiger partial charge is 0.489 e. The molecule has 0 radical (unpaired) electrons. The summed E-state index contributed by atoms with van der Waals surface area (Å²) < 4.78 is 58.5. The Balaban J connectivity index is 1.32. The summed E-state index contributed by atoms with van der Waals surface area (Å²) in [4.78, 5) is 12.7. The van der Waals surface area contributed by atoms with Crippen LogP contribution >= 0.6 is 11.8 Å². The zero-order valence-corrected chi connectivity index (χ0v) is 21.7. The number of thioether (sulfide) groups is 1. The van der Waals surface area contributed by atoms with Crippen LogP contribution in [0.15, 0.2) is 76.7 Å². The van der Waals surface area contributed by atoms with Crippen LogP contribution in [0, 0.1) is 5.82 Å². The number of hydrogen-bond acceptors (Lipinski definition) is 8. The molecule has 38 heavy (non-hydrogen) atoms. The molecule has 0 atom stereocenters. The summed E-state index contributed by atoms with van der Waals surface area (Å²) in [6.07, 6.45) is 1.64. The van der Waals surface area contributed by atoms with Gasteiger partial charge in [-0.15, -0.1) is 0 Å². The molecule has 5 rings (SSSR count). The highest BCUT2D eigenvalue weighted by atomic mass is 32.2. The molecule has 9 nitrogen and oxygen atoms in total. The first-order valence-electron chi connectivity index (χ1n) is 11.7. The zero-order chi connectivity index (χ0) is 26.5. The summed E-state index contributed by atoms with van der Waals surface area (Å²) in [6.45, 7) is 0.0496. The summed E-state index contributed by atoms with van der Waals surface area (Å²) in [5.74, 6) is 2.10. The number of fused-ring (bicyclic) bond motifs is 1. The minimum atomic E-state index is -4.24. The van der Waals surface area contributed by atoms with Crippen LogP contribution in [0.5, 0.6) is 17.2 Å². The van der Waals surface area contributed by atoms with Gasteiger partial charge in [-0.1, -0.05) is 12.1 Å². The van der Waals surface area contributed by atoms with E-state index in [1.807, 2.05) is 23.9 Å². The number of hydrogen-bond donors (Lipinski definition) is 1. The molecule has 1 fully saturated rings. The van der Waals surface area contributed by atoms with Crippen molar-refractivity contribution < 1.29 is 31.8 Å². The molecule has 0 aliphatic carbocycles. The van der Waals surface area contributed by atoms with E-state index in [4.69, 9.17) is 14.2 Å². The molecule has 0 spiro atoms. The second-order valence-electron chi connectivity index (χ2n) is 8.44.